The molecule has 0 saturated heterocycles. The van der Waals surface area contributed by atoms with Crippen LogP contribution in [0, 0.1) is 0 Å². The Morgan fingerprint density at radius 1 is 1.03 bits per heavy atom. The SMILES string of the molecule is COc1cc(CNCCCOc2ccccn2)cc(Br)c1OCc1ccc(Cl)cc1. The van der Waals surface area contributed by atoms with E-state index in [1.54, 1.807) is 13.3 Å². The van der Waals surface area contributed by atoms with E-state index in [1.807, 2.05) is 54.6 Å². The average molecular weight is 492 g/mol. The smallest absolute Gasteiger partial charge is 0.213 e. The molecule has 30 heavy (non-hydrogen) atoms. The predicted octanol–water partition coefficient (Wildman–Crippen LogP) is 5.64. The van der Waals surface area contributed by atoms with Gasteiger partial charge in [0.2, 0.25) is 5.88 Å². The first-order valence-electron chi connectivity index (χ1n) is 9.64. The topological polar surface area (TPSA) is 52.6 Å². The molecule has 1 heterocycles. The van der Waals surface area contributed by atoms with Crippen LogP contribution in [-0.2, 0) is 13.2 Å². The lowest BCUT2D eigenvalue weighted by molar-refractivity contribution is 0.282. The highest BCUT2D eigenvalue weighted by Gasteiger charge is 2.12. The van der Waals surface area contributed by atoms with Gasteiger partial charge < -0.3 is 19.5 Å². The van der Waals surface area contributed by atoms with Gasteiger partial charge in [-0.1, -0.05) is 29.8 Å². The number of pyridine rings is 1. The summed E-state index contributed by atoms with van der Waals surface area (Å²) in [7, 11) is 1.64. The molecule has 7 heteroatoms. The summed E-state index contributed by atoms with van der Waals surface area (Å²) >= 11 is 9.54. The van der Waals surface area contributed by atoms with E-state index in [0.717, 1.165) is 35.1 Å². The lowest BCUT2D eigenvalue weighted by Gasteiger charge is -2.15. The molecule has 0 aliphatic heterocycles. The van der Waals surface area contributed by atoms with Gasteiger partial charge in [-0.2, -0.15) is 0 Å². The molecule has 0 radical (unpaired) electrons. The number of halogens is 2. The van der Waals surface area contributed by atoms with Crippen molar-refractivity contribution in [2.24, 2.45) is 0 Å². The van der Waals surface area contributed by atoms with Gasteiger partial charge in [-0.3, -0.25) is 0 Å². The highest BCUT2D eigenvalue weighted by atomic mass is 79.9. The molecule has 2 aromatic carbocycles. The zero-order valence-electron chi connectivity index (χ0n) is 16.7. The Kier molecular flexibility index (Phi) is 8.81. The predicted molar refractivity (Wildman–Crippen MR) is 123 cm³/mol. The second-order valence-electron chi connectivity index (χ2n) is 6.57. The summed E-state index contributed by atoms with van der Waals surface area (Å²) in [5, 5.41) is 4.13. The van der Waals surface area contributed by atoms with Crippen molar-refractivity contribution in [1.82, 2.24) is 10.3 Å². The molecule has 158 valence electrons. The van der Waals surface area contributed by atoms with Crippen LogP contribution in [0.1, 0.15) is 17.5 Å². The maximum absolute atomic E-state index is 5.98. The van der Waals surface area contributed by atoms with Gasteiger partial charge in [-0.25, -0.2) is 4.98 Å². The van der Waals surface area contributed by atoms with Crippen LogP contribution in [0.5, 0.6) is 17.4 Å². The number of ether oxygens (including phenoxy) is 3. The van der Waals surface area contributed by atoms with Crippen LogP contribution in [0.15, 0.2) is 65.3 Å². The molecule has 0 amide bonds. The van der Waals surface area contributed by atoms with E-state index < -0.39 is 0 Å². The number of methoxy groups -OCH3 is 1. The summed E-state index contributed by atoms with van der Waals surface area (Å²) in [5.74, 6) is 2.02. The third-order valence-electron chi connectivity index (χ3n) is 4.30. The van der Waals surface area contributed by atoms with Crippen LogP contribution >= 0.6 is 27.5 Å². The van der Waals surface area contributed by atoms with Gasteiger partial charge in [-0.05, 0) is 70.4 Å². The Balaban J connectivity index is 1.47. The molecule has 0 atom stereocenters. The molecule has 1 aromatic heterocycles. The Morgan fingerprint density at radius 3 is 2.60 bits per heavy atom. The Bertz CT molecular complexity index is 924. The Labute approximate surface area is 190 Å². The molecule has 0 spiro atoms. The molecule has 0 saturated carbocycles. The van der Waals surface area contributed by atoms with Crippen LogP contribution in [-0.4, -0.2) is 25.2 Å². The third kappa shape index (κ3) is 6.90. The number of rotatable bonds is 11. The molecule has 5 nitrogen and oxygen atoms in total. The number of nitrogens with one attached hydrogen (secondary N) is 1. The third-order valence-corrected chi connectivity index (χ3v) is 5.14. The van der Waals surface area contributed by atoms with Crippen LogP contribution in [0.2, 0.25) is 5.02 Å². The van der Waals surface area contributed by atoms with Crippen LogP contribution in [0.3, 0.4) is 0 Å². The number of nitrogens with zero attached hydrogens (tertiary/aromatic N) is 1. The largest absolute Gasteiger partial charge is 0.493 e. The Hall–Kier alpha value is -2.28. The van der Waals surface area contributed by atoms with E-state index >= 15 is 0 Å². The fourth-order valence-corrected chi connectivity index (χ4v) is 3.52. The Morgan fingerprint density at radius 2 is 1.87 bits per heavy atom. The van der Waals surface area contributed by atoms with Crippen molar-refractivity contribution in [3.63, 3.8) is 0 Å². The van der Waals surface area contributed by atoms with Crippen molar-refractivity contribution >= 4 is 27.5 Å². The number of benzene rings is 2. The first-order chi connectivity index (χ1) is 14.7. The summed E-state index contributed by atoms with van der Waals surface area (Å²) < 4.78 is 18.0. The highest BCUT2D eigenvalue weighted by Crippen LogP contribution is 2.37. The fourth-order valence-electron chi connectivity index (χ4n) is 2.79. The van der Waals surface area contributed by atoms with Gasteiger partial charge >= 0.3 is 0 Å². The molecule has 0 unspecified atom stereocenters. The molecule has 0 aliphatic rings. The standard InChI is InChI=1S/C23H24BrClN2O3/c1-28-21-14-18(15-26-10-4-12-29-22-5-2-3-11-27-22)13-20(24)23(21)30-16-17-6-8-19(25)9-7-17/h2-3,5-9,11,13-14,26H,4,10,12,15-16H2,1H3. The van der Waals surface area contributed by atoms with Gasteiger partial charge in [0.25, 0.3) is 0 Å². The van der Waals surface area contributed by atoms with Crippen LogP contribution < -0.4 is 19.5 Å². The number of aromatic nitrogens is 1. The van der Waals surface area contributed by atoms with E-state index in [0.29, 0.717) is 35.6 Å². The molecular weight excluding hydrogens is 468 g/mol. The van der Waals surface area contributed by atoms with E-state index in [1.165, 1.54) is 0 Å². The van der Waals surface area contributed by atoms with Crippen LogP contribution in [0.25, 0.3) is 0 Å². The van der Waals surface area contributed by atoms with Crippen molar-refractivity contribution < 1.29 is 14.2 Å². The van der Waals surface area contributed by atoms with Crippen molar-refractivity contribution in [3.05, 3.63) is 81.4 Å². The highest BCUT2D eigenvalue weighted by molar-refractivity contribution is 9.10. The zero-order chi connectivity index (χ0) is 21.2. The van der Waals surface area contributed by atoms with E-state index in [9.17, 15) is 0 Å². The molecule has 1 N–H and O–H groups in total. The average Bonchev–Trinajstić information content (AvgIpc) is 2.77. The normalized spacial score (nSPS) is 10.6. The zero-order valence-corrected chi connectivity index (χ0v) is 19.1. The second kappa shape index (κ2) is 11.8. The van der Waals surface area contributed by atoms with Crippen molar-refractivity contribution in [1.29, 1.82) is 0 Å². The quantitative estimate of drug-likeness (QED) is 0.352. The van der Waals surface area contributed by atoms with Gasteiger partial charge in [0.15, 0.2) is 11.5 Å². The summed E-state index contributed by atoms with van der Waals surface area (Å²) in [4.78, 5) is 4.14. The summed E-state index contributed by atoms with van der Waals surface area (Å²) in [5.41, 5.74) is 2.13. The van der Waals surface area contributed by atoms with Gasteiger partial charge in [-0.15, -0.1) is 0 Å². The van der Waals surface area contributed by atoms with Crippen LogP contribution in [0.4, 0.5) is 0 Å². The molecular formula is C23H24BrClN2O3. The minimum atomic E-state index is 0.431. The summed E-state index contributed by atoms with van der Waals surface area (Å²) in [6.07, 6.45) is 2.61. The van der Waals surface area contributed by atoms with E-state index in [-0.39, 0.29) is 0 Å². The first kappa shape index (κ1) is 22.4. The monoisotopic (exact) mass is 490 g/mol. The number of hydrogen-bond donors (Lipinski definition) is 1. The molecule has 0 aliphatic carbocycles. The first-order valence-corrected chi connectivity index (χ1v) is 10.8. The van der Waals surface area contributed by atoms with Gasteiger partial charge in [0.05, 0.1) is 18.2 Å². The maximum atomic E-state index is 5.98. The molecule has 0 fully saturated rings. The van der Waals surface area contributed by atoms with Crippen molar-refractivity contribution in [2.45, 2.75) is 19.6 Å². The minimum Gasteiger partial charge on any atom is -0.493 e. The molecule has 3 aromatic rings. The lowest BCUT2D eigenvalue weighted by atomic mass is 10.2. The van der Waals surface area contributed by atoms with Gasteiger partial charge in [0.1, 0.15) is 6.61 Å². The summed E-state index contributed by atoms with van der Waals surface area (Å²) in [6.45, 7) is 2.60. The fraction of sp³-hybridized carbons (Fsp3) is 0.261. The maximum Gasteiger partial charge on any atom is 0.213 e. The second-order valence-corrected chi connectivity index (χ2v) is 7.86. The molecule has 3 rings (SSSR count). The van der Waals surface area contributed by atoms with Gasteiger partial charge in [0, 0.05) is 23.8 Å². The van der Waals surface area contributed by atoms with Crippen molar-refractivity contribution in [3.8, 4) is 17.4 Å². The van der Waals surface area contributed by atoms with E-state index in [4.69, 9.17) is 25.8 Å². The van der Waals surface area contributed by atoms with E-state index in [2.05, 4.69) is 26.2 Å². The summed E-state index contributed by atoms with van der Waals surface area (Å²) in [6, 6.07) is 17.2. The lowest BCUT2D eigenvalue weighted by Crippen LogP contribution is -2.17. The van der Waals surface area contributed by atoms with Crippen molar-refractivity contribution in [2.75, 3.05) is 20.3 Å². The molecule has 0 bridgehead atoms. The minimum absolute atomic E-state index is 0.431. The number of hydrogen-bond acceptors (Lipinski definition) is 5.